The van der Waals surface area contributed by atoms with Gasteiger partial charge in [-0.2, -0.15) is 11.8 Å². The molecule has 2 heteroatoms. The SMILES string of the molecule is CSC1CCOCC1. The Hall–Kier alpha value is 0.310. The van der Waals surface area contributed by atoms with Crippen molar-refractivity contribution in [2.24, 2.45) is 0 Å². The minimum absolute atomic E-state index is 0.878. The maximum Gasteiger partial charge on any atom is 0.0476 e. The standard InChI is InChI=1S/C6H12OS/c1-8-6-2-4-7-5-3-6/h6H,2-5H2,1H3. The van der Waals surface area contributed by atoms with E-state index in [2.05, 4.69) is 6.26 Å². The summed E-state index contributed by atoms with van der Waals surface area (Å²) in [6.45, 7) is 1.96. The monoisotopic (exact) mass is 132 g/mol. The van der Waals surface area contributed by atoms with Gasteiger partial charge in [-0.3, -0.25) is 0 Å². The van der Waals surface area contributed by atoms with Crippen LogP contribution in [0.1, 0.15) is 12.8 Å². The van der Waals surface area contributed by atoms with Gasteiger partial charge in [0, 0.05) is 18.5 Å². The van der Waals surface area contributed by atoms with Crippen LogP contribution in [-0.2, 0) is 4.74 Å². The summed E-state index contributed by atoms with van der Waals surface area (Å²) >= 11 is 1.97. The molecule has 48 valence electrons. The van der Waals surface area contributed by atoms with E-state index >= 15 is 0 Å². The summed E-state index contributed by atoms with van der Waals surface area (Å²) in [7, 11) is 0. The molecular formula is C6H12OS. The summed E-state index contributed by atoms with van der Waals surface area (Å²) in [5.41, 5.74) is 0. The minimum atomic E-state index is 0.878. The Balaban J connectivity index is 2.13. The summed E-state index contributed by atoms with van der Waals surface area (Å²) in [4.78, 5) is 0. The zero-order chi connectivity index (χ0) is 5.82. The van der Waals surface area contributed by atoms with Crippen molar-refractivity contribution in [2.75, 3.05) is 19.5 Å². The molecule has 1 rings (SSSR count). The first-order valence-corrected chi connectivity index (χ1v) is 4.33. The van der Waals surface area contributed by atoms with E-state index in [1.54, 1.807) is 0 Å². The lowest BCUT2D eigenvalue weighted by Crippen LogP contribution is -2.16. The van der Waals surface area contributed by atoms with E-state index in [1.165, 1.54) is 12.8 Å². The summed E-state index contributed by atoms with van der Waals surface area (Å²) in [6.07, 6.45) is 4.68. The molecule has 0 bridgehead atoms. The Kier molecular flexibility index (Phi) is 2.70. The Morgan fingerprint density at radius 3 is 2.38 bits per heavy atom. The average molecular weight is 132 g/mol. The van der Waals surface area contributed by atoms with Crippen molar-refractivity contribution in [1.29, 1.82) is 0 Å². The molecule has 0 unspecified atom stereocenters. The Morgan fingerprint density at radius 2 is 2.00 bits per heavy atom. The summed E-state index contributed by atoms with van der Waals surface area (Å²) in [6, 6.07) is 0. The molecule has 0 amide bonds. The van der Waals surface area contributed by atoms with Crippen molar-refractivity contribution in [2.45, 2.75) is 18.1 Å². The van der Waals surface area contributed by atoms with Gasteiger partial charge in [0.05, 0.1) is 0 Å². The molecule has 0 saturated carbocycles. The third-order valence-corrected chi connectivity index (χ3v) is 2.64. The highest BCUT2D eigenvalue weighted by atomic mass is 32.2. The Labute approximate surface area is 54.8 Å². The lowest BCUT2D eigenvalue weighted by atomic mass is 10.2. The molecule has 1 heterocycles. The van der Waals surface area contributed by atoms with E-state index in [-0.39, 0.29) is 0 Å². The van der Waals surface area contributed by atoms with Crippen molar-refractivity contribution >= 4 is 11.8 Å². The predicted octanol–water partition coefficient (Wildman–Crippen LogP) is 1.53. The van der Waals surface area contributed by atoms with E-state index in [1.807, 2.05) is 11.8 Å². The topological polar surface area (TPSA) is 9.23 Å². The maximum absolute atomic E-state index is 5.19. The van der Waals surface area contributed by atoms with Crippen molar-refractivity contribution in [1.82, 2.24) is 0 Å². The maximum atomic E-state index is 5.19. The quantitative estimate of drug-likeness (QED) is 0.535. The van der Waals surface area contributed by atoms with Gasteiger partial charge in [0.25, 0.3) is 0 Å². The molecule has 0 radical (unpaired) electrons. The van der Waals surface area contributed by atoms with Gasteiger partial charge in [-0.1, -0.05) is 0 Å². The van der Waals surface area contributed by atoms with Crippen LogP contribution in [0.4, 0.5) is 0 Å². The number of hydrogen-bond acceptors (Lipinski definition) is 2. The number of hydrogen-bond donors (Lipinski definition) is 0. The van der Waals surface area contributed by atoms with Crippen LogP contribution in [0, 0.1) is 0 Å². The van der Waals surface area contributed by atoms with Crippen LogP contribution in [0.2, 0.25) is 0 Å². The third kappa shape index (κ3) is 1.67. The number of ether oxygens (including phenoxy) is 1. The Bertz CT molecular complexity index is 59.5. The second kappa shape index (κ2) is 3.36. The zero-order valence-electron chi connectivity index (χ0n) is 5.22. The molecule has 1 aliphatic heterocycles. The molecule has 0 N–H and O–H groups in total. The van der Waals surface area contributed by atoms with Crippen LogP contribution < -0.4 is 0 Å². The minimum Gasteiger partial charge on any atom is -0.381 e. The summed E-state index contributed by atoms with van der Waals surface area (Å²) in [5.74, 6) is 0. The zero-order valence-corrected chi connectivity index (χ0v) is 6.04. The van der Waals surface area contributed by atoms with Gasteiger partial charge in [-0.15, -0.1) is 0 Å². The van der Waals surface area contributed by atoms with Gasteiger partial charge in [0.1, 0.15) is 0 Å². The van der Waals surface area contributed by atoms with Gasteiger partial charge in [-0.25, -0.2) is 0 Å². The van der Waals surface area contributed by atoms with Gasteiger partial charge in [0.2, 0.25) is 0 Å². The smallest absolute Gasteiger partial charge is 0.0476 e. The normalized spacial score (nSPS) is 23.6. The van der Waals surface area contributed by atoms with Crippen LogP contribution in [-0.4, -0.2) is 24.7 Å². The van der Waals surface area contributed by atoms with Gasteiger partial charge >= 0.3 is 0 Å². The van der Waals surface area contributed by atoms with E-state index in [0.29, 0.717) is 0 Å². The van der Waals surface area contributed by atoms with Crippen molar-refractivity contribution in [3.8, 4) is 0 Å². The van der Waals surface area contributed by atoms with Crippen LogP contribution in [0.25, 0.3) is 0 Å². The van der Waals surface area contributed by atoms with E-state index in [0.717, 1.165) is 18.5 Å². The van der Waals surface area contributed by atoms with Gasteiger partial charge in [-0.05, 0) is 19.1 Å². The second-order valence-corrected chi connectivity index (χ2v) is 3.19. The molecule has 0 aromatic heterocycles. The molecule has 0 atom stereocenters. The first-order valence-electron chi connectivity index (χ1n) is 3.04. The third-order valence-electron chi connectivity index (χ3n) is 1.50. The van der Waals surface area contributed by atoms with Crippen LogP contribution in [0.5, 0.6) is 0 Å². The Morgan fingerprint density at radius 1 is 1.38 bits per heavy atom. The van der Waals surface area contributed by atoms with E-state index in [9.17, 15) is 0 Å². The summed E-state index contributed by atoms with van der Waals surface area (Å²) in [5, 5.41) is 0.878. The molecular weight excluding hydrogens is 120 g/mol. The lowest BCUT2D eigenvalue weighted by Gasteiger charge is -2.19. The fourth-order valence-corrected chi connectivity index (χ4v) is 1.58. The lowest BCUT2D eigenvalue weighted by molar-refractivity contribution is 0.100. The first kappa shape index (κ1) is 6.43. The molecule has 0 aromatic rings. The molecule has 0 aromatic carbocycles. The highest BCUT2D eigenvalue weighted by molar-refractivity contribution is 7.99. The van der Waals surface area contributed by atoms with Crippen LogP contribution in [0.3, 0.4) is 0 Å². The molecule has 1 aliphatic rings. The average Bonchev–Trinajstić information content (AvgIpc) is 1.90. The van der Waals surface area contributed by atoms with Crippen molar-refractivity contribution in [3.05, 3.63) is 0 Å². The van der Waals surface area contributed by atoms with Crippen molar-refractivity contribution in [3.63, 3.8) is 0 Å². The number of rotatable bonds is 1. The summed E-state index contributed by atoms with van der Waals surface area (Å²) < 4.78 is 5.19. The molecule has 1 fully saturated rings. The van der Waals surface area contributed by atoms with Gasteiger partial charge in [0.15, 0.2) is 0 Å². The van der Waals surface area contributed by atoms with Crippen molar-refractivity contribution < 1.29 is 4.74 Å². The van der Waals surface area contributed by atoms with Crippen LogP contribution in [0.15, 0.2) is 0 Å². The van der Waals surface area contributed by atoms with E-state index in [4.69, 9.17) is 4.74 Å². The highest BCUT2D eigenvalue weighted by Gasteiger charge is 2.10. The predicted molar refractivity (Wildman–Crippen MR) is 37.4 cm³/mol. The second-order valence-electron chi connectivity index (χ2n) is 2.05. The van der Waals surface area contributed by atoms with Gasteiger partial charge < -0.3 is 4.74 Å². The molecule has 1 saturated heterocycles. The fourth-order valence-electron chi connectivity index (χ4n) is 0.912. The molecule has 8 heavy (non-hydrogen) atoms. The fraction of sp³-hybridized carbons (Fsp3) is 1.00. The first-order chi connectivity index (χ1) is 3.93. The highest BCUT2D eigenvalue weighted by Crippen LogP contribution is 2.18. The van der Waals surface area contributed by atoms with Crippen LogP contribution >= 0.6 is 11.8 Å². The number of thioether (sulfide) groups is 1. The largest absolute Gasteiger partial charge is 0.381 e. The molecule has 1 nitrogen and oxygen atoms in total. The molecule has 0 aliphatic carbocycles. The van der Waals surface area contributed by atoms with E-state index < -0.39 is 0 Å². The molecule has 0 spiro atoms.